The number of amides is 1. The number of piperidine rings is 1. The summed E-state index contributed by atoms with van der Waals surface area (Å²) in [5, 5.41) is 7.68. The standard InChI is InChI=1S/C23H24ClFN4O2/c1-15(22(30)26-13-16-7-9-19(24)10-8-16)29-11-3-5-18(14-29)23-27-21(28-31-23)17-4-2-6-20(25)12-17/h2,4,6-10,12,15,18H,3,5,11,13-14H2,1H3,(H,26,30). The normalized spacial score (nSPS) is 18.0. The Bertz CT molecular complexity index is 1040. The molecule has 8 heteroatoms. The highest BCUT2D eigenvalue weighted by atomic mass is 35.5. The molecule has 1 amide bonds. The van der Waals surface area contributed by atoms with Gasteiger partial charge in [0.15, 0.2) is 0 Å². The zero-order valence-corrected chi connectivity index (χ0v) is 18.0. The fourth-order valence-electron chi connectivity index (χ4n) is 3.81. The van der Waals surface area contributed by atoms with E-state index in [-0.39, 0.29) is 23.7 Å². The van der Waals surface area contributed by atoms with Gasteiger partial charge in [0.25, 0.3) is 0 Å². The quantitative estimate of drug-likeness (QED) is 0.612. The van der Waals surface area contributed by atoms with Crippen molar-refractivity contribution in [2.45, 2.75) is 38.3 Å². The zero-order chi connectivity index (χ0) is 21.8. The van der Waals surface area contributed by atoms with Crippen LogP contribution in [0.4, 0.5) is 4.39 Å². The van der Waals surface area contributed by atoms with Crippen molar-refractivity contribution < 1.29 is 13.7 Å². The summed E-state index contributed by atoms with van der Waals surface area (Å²) < 4.78 is 19.0. The first-order valence-corrected chi connectivity index (χ1v) is 10.7. The van der Waals surface area contributed by atoms with E-state index in [9.17, 15) is 9.18 Å². The highest BCUT2D eigenvalue weighted by molar-refractivity contribution is 6.30. The number of benzene rings is 2. The number of likely N-dealkylation sites (tertiary alicyclic amines) is 1. The molecule has 3 aromatic rings. The third kappa shape index (κ3) is 5.29. The lowest BCUT2D eigenvalue weighted by atomic mass is 9.96. The molecule has 1 aromatic heterocycles. The van der Waals surface area contributed by atoms with Crippen LogP contribution >= 0.6 is 11.6 Å². The van der Waals surface area contributed by atoms with Crippen LogP contribution in [-0.2, 0) is 11.3 Å². The summed E-state index contributed by atoms with van der Waals surface area (Å²) in [7, 11) is 0. The van der Waals surface area contributed by atoms with Crippen LogP contribution < -0.4 is 5.32 Å². The van der Waals surface area contributed by atoms with Crippen molar-refractivity contribution in [2.75, 3.05) is 13.1 Å². The van der Waals surface area contributed by atoms with E-state index >= 15 is 0 Å². The largest absolute Gasteiger partial charge is 0.351 e. The van der Waals surface area contributed by atoms with E-state index in [0.29, 0.717) is 35.4 Å². The van der Waals surface area contributed by atoms with Gasteiger partial charge in [0.1, 0.15) is 5.82 Å². The van der Waals surface area contributed by atoms with Crippen molar-refractivity contribution in [1.82, 2.24) is 20.4 Å². The molecule has 2 heterocycles. The zero-order valence-electron chi connectivity index (χ0n) is 17.2. The minimum atomic E-state index is -0.342. The molecule has 0 saturated carbocycles. The summed E-state index contributed by atoms with van der Waals surface area (Å²) in [5.41, 5.74) is 1.58. The number of hydrogen-bond acceptors (Lipinski definition) is 5. The van der Waals surface area contributed by atoms with Gasteiger partial charge in [-0.2, -0.15) is 4.98 Å². The van der Waals surface area contributed by atoms with Crippen molar-refractivity contribution in [2.24, 2.45) is 0 Å². The first kappa shape index (κ1) is 21.5. The van der Waals surface area contributed by atoms with E-state index in [1.165, 1.54) is 12.1 Å². The van der Waals surface area contributed by atoms with E-state index in [4.69, 9.17) is 16.1 Å². The number of rotatable bonds is 6. The summed E-state index contributed by atoms with van der Waals surface area (Å²) in [5.74, 6) is 0.570. The summed E-state index contributed by atoms with van der Waals surface area (Å²) in [4.78, 5) is 19.3. The van der Waals surface area contributed by atoms with Crippen LogP contribution in [0.15, 0.2) is 53.1 Å². The van der Waals surface area contributed by atoms with Crippen LogP contribution in [0.5, 0.6) is 0 Å². The molecule has 0 radical (unpaired) electrons. The van der Waals surface area contributed by atoms with Gasteiger partial charge in [0.2, 0.25) is 17.6 Å². The Balaban J connectivity index is 1.36. The Kier molecular flexibility index (Phi) is 6.63. The van der Waals surface area contributed by atoms with Gasteiger partial charge >= 0.3 is 0 Å². The second-order valence-electron chi connectivity index (χ2n) is 7.82. The molecule has 2 unspecified atom stereocenters. The van der Waals surface area contributed by atoms with E-state index < -0.39 is 0 Å². The van der Waals surface area contributed by atoms with Crippen LogP contribution in [0.1, 0.15) is 37.1 Å². The number of aromatic nitrogens is 2. The molecule has 1 N–H and O–H groups in total. The predicted octanol–water partition coefficient (Wildman–Crippen LogP) is 4.41. The number of nitrogens with one attached hydrogen (secondary N) is 1. The third-order valence-electron chi connectivity index (χ3n) is 5.63. The molecule has 2 atom stereocenters. The van der Waals surface area contributed by atoms with Gasteiger partial charge < -0.3 is 9.84 Å². The Labute approximate surface area is 185 Å². The lowest BCUT2D eigenvalue weighted by Gasteiger charge is -2.34. The highest BCUT2D eigenvalue weighted by Gasteiger charge is 2.31. The van der Waals surface area contributed by atoms with Crippen molar-refractivity contribution in [3.63, 3.8) is 0 Å². The Morgan fingerprint density at radius 1 is 1.32 bits per heavy atom. The maximum absolute atomic E-state index is 13.5. The van der Waals surface area contributed by atoms with Crippen molar-refractivity contribution in [3.05, 3.63) is 70.8 Å². The Morgan fingerprint density at radius 3 is 2.90 bits per heavy atom. The van der Waals surface area contributed by atoms with Gasteiger partial charge in [0.05, 0.1) is 12.0 Å². The molecule has 6 nitrogen and oxygen atoms in total. The minimum absolute atomic E-state index is 0.0263. The Morgan fingerprint density at radius 2 is 2.13 bits per heavy atom. The van der Waals surface area contributed by atoms with E-state index in [1.54, 1.807) is 12.1 Å². The maximum Gasteiger partial charge on any atom is 0.237 e. The maximum atomic E-state index is 13.5. The van der Waals surface area contributed by atoms with Gasteiger partial charge in [-0.25, -0.2) is 4.39 Å². The van der Waals surface area contributed by atoms with Crippen molar-refractivity contribution >= 4 is 17.5 Å². The number of carbonyl (C=O) groups is 1. The van der Waals surface area contributed by atoms with Crippen molar-refractivity contribution in [3.8, 4) is 11.4 Å². The summed E-state index contributed by atoms with van der Waals surface area (Å²) in [6.45, 7) is 3.85. The predicted molar refractivity (Wildman–Crippen MR) is 116 cm³/mol. The molecule has 1 aliphatic heterocycles. The number of nitrogens with zero attached hydrogens (tertiary/aromatic N) is 3. The summed E-state index contributed by atoms with van der Waals surface area (Å²) >= 11 is 5.91. The van der Waals surface area contributed by atoms with Gasteiger partial charge in [0, 0.05) is 23.7 Å². The molecular weight excluding hydrogens is 419 g/mol. The topological polar surface area (TPSA) is 71.3 Å². The van der Waals surface area contributed by atoms with Crippen LogP contribution in [0.3, 0.4) is 0 Å². The summed E-state index contributed by atoms with van der Waals surface area (Å²) in [6, 6.07) is 13.3. The lowest BCUT2D eigenvalue weighted by Crippen LogP contribution is -2.48. The first-order valence-electron chi connectivity index (χ1n) is 10.4. The van der Waals surface area contributed by atoms with Gasteiger partial charge in [-0.1, -0.05) is 41.0 Å². The average Bonchev–Trinajstić information content (AvgIpc) is 3.28. The molecule has 1 fully saturated rings. The SMILES string of the molecule is CC(C(=O)NCc1ccc(Cl)cc1)N1CCCC(c2nc(-c3cccc(F)c3)no2)C1. The van der Waals surface area contributed by atoms with Crippen LogP contribution in [-0.4, -0.2) is 40.1 Å². The first-order chi connectivity index (χ1) is 15.0. The second-order valence-corrected chi connectivity index (χ2v) is 8.26. The molecule has 1 saturated heterocycles. The fraction of sp³-hybridized carbons (Fsp3) is 0.348. The number of carbonyl (C=O) groups excluding carboxylic acids is 1. The van der Waals surface area contributed by atoms with Gasteiger partial charge in [-0.3, -0.25) is 9.69 Å². The summed E-state index contributed by atoms with van der Waals surface area (Å²) in [6.07, 6.45) is 1.83. The fourth-order valence-corrected chi connectivity index (χ4v) is 3.94. The second kappa shape index (κ2) is 9.58. The molecule has 2 aromatic carbocycles. The number of halogens is 2. The van der Waals surface area contributed by atoms with E-state index in [2.05, 4.69) is 20.4 Å². The molecule has 0 spiro atoms. The van der Waals surface area contributed by atoms with Crippen LogP contribution in [0.25, 0.3) is 11.4 Å². The molecule has 31 heavy (non-hydrogen) atoms. The van der Waals surface area contributed by atoms with Gasteiger partial charge in [-0.05, 0) is 56.1 Å². The minimum Gasteiger partial charge on any atom is -0.351 e. The highest BCUT2D eigenvalue weighted by Crippen LogP contribution is 2.28. The Hall–Kier alpha value is -2.77. The monoisotopic (exact) mass is 442 g/mol. The molecule has 1 aliphatic rings. The van der Waals surface area contributed by atoms with Crippen molar-refractivity contribution in [1.29, 1.82) is 0 Å². The molecule has 0 aliphatic carbocycles. The van der Waals surface area contributed by atoms with Crippen LogP contribution in [0.2, 0.25) is 5.02 Å². The number of hydrogen-bond donors (Lipinski definition) is 1. The third-order valence-corrected chi connectivity index (χ3v) is 5.89. The lowest BCUT2D eigenvalue weighted by molar-refractivity contribution is -0.126. The molecular formula is C23H24ClFN4O2. The molecule has 4 rings (SSSR count). The van der Waals surface area contributed by atoms with Crippen LogP contribution in [0, 0.1) is 5.82 Å². The van der Waals surface area contributed by atoms with Gasteiger partial charge in [-0.15, -0.1) is 0 Å². The smallest absolute Gasteiger partial charge is 0.237 e. The average molecular weight is 443 g/mol. The molecule has 0 bridgehead atoms. The molecule has 162 valence electrons. The van der Waals surface area contributed by atoms with E-state index in [0.717, 1.165) is 24.9 Å². The van der Waals surface area contributed by atoms with E-state index in [1.807, 2.05) is 31.2 Å².